The number of hydrogen-bond acceptors (Lipinski definition) is 3. The summed E-state index contributed by atoms with van der Waals surface area (Å²) in [5, 5.41) is 9.60. The number of hydrazine groups is 1. The molecule has 0 spiro atoms. The van der Waals surface area contributed by atoms with Gasteiger partial charge in [-0.2, -0.15) is 0 Å². The molecule has 114 valence electrons. The van der Waals surface area contributed by atoms with Crippen molar-refractivity contribution in [2.75, 3.05) is 0 Å². The van der Waals surface area contributed by atoms with Crippen LogP contribution in [0, 0.1) is 5.82 Å². The summed E-state index contributed by atoms with van der Waals surface area (Å²) < 4.78 is 13.4. The Bertz CT molecular complexity index is 704. The second kappa shape index (κ2) is 7.04. The second-order valence-electron chi connectivity index (χ2n) is 4.47. The number of carbonyl (C=O) groups excluding carboxylic acids is 2. The number of phenols is 1. The fourth-order valence-corrected chi connectivity index (χ4v) is 2.08. The Morgan fingerprint density at radius 3 is 2.45 bits per heavy atom. The number of carbonyl (C=O) groups is 2. The number of phenolic OH excluding ortho intramolecular Hbond substituents is 1. The van der Waals surface area contributed by atoms with Gasteiger partial charge < -0.3 is 5.11 Å². The molecule has 0 aliphatic carbocycles. The van der Waals surface area contributed by atoms with Crippen LogP contribution in [0.1, 0.15) is 15.9 Å². The van der Waals surface area contributed by atoms with Crippen LogP contribution in [-0.2, 0) is 11.2 Å². The van der Waals surface area contributed by atoms with Crippen LogP contribution in [-0.4, -0.2) is 16.9 Å². The van der Waals surface area contributed by atoms with Crippen LogP contribution in [0.25, 0.3) is 0 Å². The van der Waals surface area contributed by atoms with Crippen LogP contribution in [0.5, 0.6) is 5.75 Å². The van der Waals surface area contributed by atoms with Crippen molar-refractivity contribution in [3.8, 4) is 5.75 Å². The Morgan fingerprint density at radius 1 is 1.09 bits per heavy atom. The number of amides is 2. The number of aromatic hydroxyl groups is 1. The molecule has 0 aromatic heterocycles. The van der Waals surface area contributed by atoms with Gasteiger partial charge in [0.2, 0.25) is 5.91 Å². The molecule has 0 fully saturated rings. The first-order valence-corrected chi connectivity index (χ1v) is 7.07. The van der Waals surface area contributed by atoms with Crippen molar-refractivity contribution in [3.63, 3.8) is 0 Å². The van der Waals surface area contributed by atoms with Gasteiger partial charge in [-0.05, 0) is 35.9 Å². The van der Waals surface area contributed by atoms with Gasteiger partial charge in [-0.25, -0.2) is 4.39 Å². The maximum Gasteiger partial charge on any atom is 0.273 e. The molecule has 3 N–H and O–H groups in total. The average Bonchev–Trinajstić information content (AvgIpc) is 2.49. The number of benzene rings is 2. The molecule has 22 heavy (non-hydrogen) atoms. The van der Waals surface area contributed by atoms with Crippen molar-refractivity contribution in [1.82, 2.24) is 10.9 Å². The maximum atomic E-state index is 12.8. The van der Waals surface area contributed by atoms with Gasteiger partial charge in [-0.3, -0.25) is 20.4 Å². The van der Waals surface area contributed by atoms with Crippen LogP contribution in [0.3, 0.4) is 0 Å². The molecule has 7 heteroatoms. The Morgan fingerprint density at radius 2 is 1.77 bits per heavy atom. The zero-order valence-electron chi connectivity index (χ0n) is 11.3. The van der Waals surface area contributed by atoms with Gasteiger partial charge in [0.05, 0.1) is 12.0 Å². The molecule has 0 saturated carbocycles. The third-order valence-corrected chi connectivity index (χ3v) is 3.29. The normalized spacial score (nSPS) is 10.1. The summed E-state index contributed by atoms with van der Waals surface area (Å²) in [5.41, 5.74) is 5.07. The summed E-state index contributed by atoms with van der Waals surface area (Å²) >= 11 is 3.19. The van der Waals surface area contributed by atoms with Gasteiger partial charge in [0, 0.05) is 4.47 Å². The highest BCUT2D eigenvalue weighted by atomic mass is 79.9. The minimum atomic E-state index is -0.647. The van der Waals surface area contributed by atoms with E-state index in [2.05, 4.69) is 26.8 Å². The third kappa shape index (κ3) is 4.29. The highest BCUT2D eigenvalue weighted by molar-refractivity contribution is 9.10. The lowest BCUT2D eigenvalue weighted by Gasteiger charge is -2.09. The van der Waals surface area contributed by atoms with E-state index >= 15 is 0 Å². The van der Waals surface area contributed by atoms with Crippen molar-refractivity contribution >= 4 is 27.7 Å². The van der Waals surface area contributed by atoms with E-state index in [0.717, 1.165) is 0 Å². The van der Waals surface area contributed by atoms with E-state index in [4.69, 9.17) is 0 Å². The molecule has 5 nitrogen and oxygen atoms in total. The molecule has 2 aromatic rings. The first-order chi connectivity index (χ1) is 10.5. The summed E-state index contributed by atoms with van der Waals surface area (Å²) in [6.07, 6.45) is -0.00890. The van der Waals surface area contributed by atoms with Gasteiger partial charge in [0.15, 0.2) is 0 Å². The lowest BCUT2D eigenvalue weighted by atomic mass is 10.1. The lowest BCUT2D eigenvalue weighted by molar-refractivity contribution is -0.121. The van der Waals surface area contributed by atoms with Crippen molar-refractivity contribution < 1.29 is 19.1 Å². The predicted molar refractivity (Wildman–Crippen MR) is 81.5 cm³/mol. The van der Waals surface area contributed by atoms with Gasteiger partial charge in [0.1, 0.15) is 11.6 Å². The van der Waals surface area contributed by atoms with Crippen LogP contribution in [0.4, 0.5) is 4.39 Å². The van der Waals surface area contributed by atoms with E-state index < -0.39 is 11.8 Å². The number of rotatable bonds is 3. The molecule has 0 aliphatic rings. The van der Waals surface area contributed by atoms with Crippen LogP contribution < -0.4 is 10.9 Å². The van der Waals surface area contributed by atoms with E-state index in [0.29, 0.717) is 10.0 Å². The smallest absolute Gasteiger partial charge is 0.273 e. The Kier molecular flexibility index (Phi) is 5.11. The van der Waals surface area contributed by atoms with Crippen molar-refractivity contribution in [2.24, 2.45) is 0 Å². The maximum absolute atomic E-state index is 12.8. The third-order valence-electron chi connectivity index (χ3n) is 2.80. The summed E-state index contributed by atoms with van der Waals surface area (Å²) in [4.78, 5) is 23.6. The highest BCUT2D eigenvalue weighted by Gasteiger charge is 2.12. The van der Waals surface area contributed by atoms with Crippen LogP contribution in [0.15, 0.2) is 46.9 Å². The van der Waals surface area contributed by atoms with Gasteiger partial charge in [0.25, 0.3) is 5.91 Å². The largest absolute Gasteiger partial charge is 0.507 e. The molecule has 0 bridgehead atoms. The Labute approximate surface area is 134 Å². The Hall–Kier alpha value is -2.41. The fraction of sp³-hybridized carbons (Fsp3) is 0.0667. The molecule has 0 atom stereocenters. The fourth-order valence-electron chi connectivity index (χ4n) is 1.72. The summed E-state index contributed by atoms with van der Waals surface area (Å²) in [5.74, 6) is -1.70. The topological polar surface area (TPSA) is 78.4 Å². The van der Waals surface area contributed by atoms with E-state index in [-0.39, 0.29) is 23.6 Å². The van der Waals surface area contributed by atoms with E-state index in [9.17, 15) is 19.1 Å². The first kappa shape index (κ1) is 16.0. The molecular formula is C15H12BrFN2O3. The van der Waals surface area contributed by atoms with Gasteiger partial charge in [-0.15, -0.1) is 0 Å². The SMILES string of the molecule is O=C(Cc1ccc(F)cc1)NNC(=O)c1cc(Br)ccc1O. The van der Waals surface area contributed by atoms with Gasteiger partial charge in [-0.1, -0.05) is 28.1 Å². The summed E-state index contributed by atoms with van der Waals surface area (Å²) in [6, 6.07) is 9.84. The molecule has 0 aliphatic heterocycles. The minimum Gasteiger partial charge on any atom is -0.507 e. The van der Waals surface area contributed by atoms with Crippen LogP contribution >= 0.6 is 15.9 Å². The number of nitrogens with one attached hydrogen (secondary N) is 2. The monoisotopic (exact) mass is 366 g/mol. The number of hydrogen-bond donors (Lipinski definition) is 3. The average molecular weight is 367 g/mol. The van der Waals surface area contributed by atoms with Crippen molar-refractivity contribution in [2.45, 2.75) is 6.42 Å². The molecular weight excluding hydrogens is 355 g/mol. The second-order valence-corrected chi connectivity index (χ2v) is 5.38. The zero-order valence-corrected chi connectivity index (χ0v) is 12.9. The minimum absolute atomic E-state index is 0.00890. The highest BCUT2D eigenvalue weighted by Crippen LogP contribution is 2.21. The molecule has 0 heterocycles. The van der Waals surface area contributed by atoms with E-state index in [1.54, 1.807) is 6.07 Å². The van der Waals surface area contributed by atoms with Crippen molar-refractivity contribution in [3.05, 3.63) is 63.9 Å². The summed E-state index contributed by atoms with van der Waals surface area (Å²) in [6.45, 7) is 0. The molecule has 0 unspecified atom stereocenters. The van der Waals surface area contributed by atoms with E-state index in [1.807, 2.05) is 0 Å². The first-order valence-electron chi connectivity index (χ1n) is 6.28. The van der Waals surface area contributed by atoms with Crippen molar-refractivity contribution in [1.29, 1.82) is 0 Å². The summed E-state index contributed by atoms with van der Waals surface area (Å²) in [7, 11) is 0. The molecule has 2 rings (SSSR count). The van der Waals surface area contributed by atoms with Crippen LogP contribution in [0.2, 0.25) is 0 Å². The Balaban J connectivity index is 1.91. The predicted octanol–water partition coefficient (Wildman–Crippen LogP) is 2.30. The molecule has 2 aromatic carbocycles. The van der Waals surface area contributed by atoms with E-state index in [1.165, 1.54) is 36.4 Å². The zero-order chi connectivity index (χ0) is 16.1. The lowest BCUT2D eigenvalue weighted by Crippen LogP contribution is -2.42. The standard InChI is InChI=1S/C15H12BrFN2O3/c16-10-3-6-13(20)12(8-10)15(22)19-18-14(21)7-9-1-4-11(17)5-2-9/h1-6,8,20H,7H2,(H,18,21)(H,19,22). The van der Waals surface area contributed by atoms with Gasteiger partial charge >= 0.3 is 0 Å². The molecule has 0 saturated heterocycles. The number of halogens is 2. The quantitative estimate of drug-likeness (QED) is 0.729. The molecule has 0 radical (unpaired) electrons. The molecule has 2 amide bonds.